The highest BCUT2D eigenvalue weighted by molar-refractivity contribution is 5.34. The van der Waals surface area contributed by atoms with Crippen molar-refractivity contribution in [3.05, 3.63) is 108 Å². The Labute approximate surface area is 245 Å². The lowest BCUT2D eigenvalue weighted by molar-refractivity contribution is 0.573. The first kappa shape index (κ1) is 36.1. The van der Waals surface area contributed by atoms with E-state index >= 15 is 0 Å². The molecule has 0 heterocycles. The SMILES string of the molecule is C.CC.CC.N#CC1(c2ccccc2)CCCC1.N#CC1(c2ccccc2)CCCC1.N#CCc1ccccc1. The van der Waals surface area contributed by atoms with Crippen LogP contribution < -0.4 is 0 Å². The van der Waals surface area contributed by atoms with Crippen LogP contribution in [0.3, 0.4) is 0 Å². The fourth-order valence-electron chi connectivity index (χ4n) is 5.09. The highest BCUT2D eigenvalue weighted by Gasteiger charge is 2.36. The normalized spacial score (nSPS) is 14.9. The van der Waals surface area contributed by atoms with E-state index < -0.39 is 0 Å². The monoisotopic (exact) mass is 535 g/mol. The predicted octanol–water partition coefficient (Wildman–Crippen LogP) is 10.5. The molecule has 0 spiro atoms. The maximum atomic E-state index is 9.22. The van der Waals surface area contributed by atoms with Gasteiger partial charge in [0, 0.05) is 0 Å². The molecule has 0 amide bonds. The Bertz CT molecular complexity index is 1070. The van der Waals surface area contributed by atoms with E-state index in [0.717, 1.165) is 31.2 Å². The summed E-state index contributed by atoms with van der Waals surface area (Å²) >= 11 is 0. The van der Waals surface area contributed by atoms with Crippen molar-refractivity contribution in [1.82, 2.24) is 0 Å². The van der Waals surface area contributed by atoms with Gasteiger partial charge in [0.05, 0.1) is 35.5 Å². The Morgan fingerprint density at radius 3 is 1.10 bits per heavy atom. The van der Waals surface area contributed by atoms with Crippen LogP contribution in [-0.2, 0) is 17.3 Å². The smallest absolute Gasteiger partial charge is 0.0822 e. The van der Waals surface area contributed by atoms with Gasteiger partial charge in [-0.3, -0.25) is 0 Å². The molecule has 0 N–H and O–H groups in total. The molecule has 3 heteroatoms. The Hall–Kier alpha value is -3.87. The summed E-state index contributed by atoms with van der Waals surface area (Å²) in [5.74, 6) is 0. The third kappa shape index (κ3) is 10.7. The molecule has 0 radical (unpaired) electrons. The van der Waals surface area contributed by atoms with Crippen LogP contribution in [0.4, 0.5) is 0 Å². The van der Waals surface area contributed by atoms with E-state index in [0.29, 0.717) is 6.42 Å². The molecule has 0 saturated heterocycles. The lowest BCUT2D eigenvalue weighted by Crippen LogP contribution is -2.18. The van der Waals surface area contributed by atoms with Crippen LogP contribution >= 0.6 is 0 Å². The Morgan fingerprint density at radius 1 is 0.525 bits per heavy atom. The van der Waals surface area contributed by atoms with Gasteiger partial charge in [-0.2, -0.15) is 15.8 Å². The molecule has 5 rings (SSSR count). The molecule has 2 aliphatic rings. The highest BCUT2D eigenvalue weighted by atomic mass is 14.4. The topological polar surface area (TPSA) is 71.4 Å². The van der Waals surface area contributed by atoms with Crippen molar-refractivity contribution in [1.29, 1.82) is 15.8 Å². The predicted molar refractivity (Wildman–Crippen MR) is 170 cm³/mol. The molecular formula is C37H49N3. The van der Waals surface area contributed by atoms with Crippen LogP contribution in [0.25, 0.3) is 0 Å². The van der Waals surface area contributed by atoms with Crippen LogP contribution in [0.15, 0.2) is 91.0 Å². The van der Waals surface area contributed by atoms with Gasteiger partial charge in [0.2, 0.25) is 0 Å². The third-order valence-corrected chi connectivity index (χ3v) is 7.12. The zero-order valence-electron chi connectivity index (χ0n) is 24.4. The van der Waals surface area contributed by atoms with E-state index in [4.69, 9.17) is 5.26 Å². The Balaban J connectivity index is 0.000000538. The van der Waals surface area contributed by atoms with E-state index in [9.17, 15) is 10.5 Å². The number of nitriles is 3. The van der Waals surface area contributed by atoms with Crippen molar-refractivity contribution in [2.24, 2.45) is 0 Å². The minimum Gasteiger partial charge on any atom is -0.198 e. The number of benzene rings is 3. The van der Waals surface area contributed by atoms with Crippen molar-refractivity contribution in [3.8, 4) is 18.2 Å². The first-order valence-corrected chi connectivity index (χ1v) is 14.5. The van der Waals surface area contributed by atoms with Crippen LogP contribution in [-0.4, -0.2) is 0 Å². The van der Waals surface area contributed by atoms with Gasteiger partial charge in [0.25, 0.3) is 0 Å². The van der Waals surface area contributed by atoms with Gasteiger partial charge in [-0.05, 0) is 42.4 Å². The largest absolute Gasteiger partial charge is 0.198 e. The summed E-state index contributed by atoms with van der Waals surface area (Å²) in [7, 11) is 0. The van der Waals surface area contributed by atoms with Crippen molar-refractivity contribution in [2.45, 2.75) is 104 Å². The maximum absolute atomic E-state index is 9.22. The quantitative estimate of drug-likeness (QED) is 0.335. The van der Waals surface area contributed by atoms with Gasteiger partial charge in [-0.25, -0.2) is 0 Å². The molecule has 212 valence electrons. The fraction of sp³-hybridized carbons (Fsp3) is 0.432. The molecule has 0 unspecified atom stereocenters. The molecule has 40 heavy (non-hydrogen) atoms. The van der Waals surface area contributed by atoms with Crippen LogP contribution in [0.1, 0.15) is 103 Å². The molecule has 3 aromatic rings. The van der Waals surface area contributed by atoms with E-state index in [-0.39, 0.29) is 18.3 Å². The standard InChI is InChI=1S/2C12H13N.C8H7N.2C2H6.CH4/c2*13-10-12(8-4-5-9-12)11-6-2-1-3-7-11;9-7-6-8-4-2-1-3-5-8;2*1-2;/h2*1-3,6-7H,4-5,8-9H2;1-5H,6H2;2*1-2H3;1H4. The van der Waals surface area contributed by atoms with Crippen LogP contribution in [0, 0.1) is 34.0 Å². The van der Waals surface area contributed by atoms with Gasteiger partial charge in [0.15, 0.2) is 0 Å². The molecule has 3 aromatic carbocycles. The fourth-order valence-corrected chi connectivity index (χ4v) is 5.09. The van der Waals surface area contributed by atoms with E-state index in [1.165, 1.54) is 36.8 Å². The van der Waals surface area contributed by atoms with Gasteiger partial charge in [0.1, 0.15) is 0 Å². The van der Waals surface area contributed by atoms with Gasteiger partial charge in [-0.1, -0.05) is 152 Å². The molecule has 0 aromatic heterocycles. The summed E-state index contributed by atoms with van der Waals surface area (Å²) in [6.45, 7) is 8.00. The lowest BCUT2D eigenvalue weighted by Gasteiger charge is -2.20. The Morgan fingerprint density at radius 2 is 0.825 bits per heavy atom. The van der Waals surface area contributed by atoms with Crippen molar-refractivity contribution >= 4 is 0 Å². The second-order valence-electron chi connectivity index (χ2n) is 9.35. The van der Waals surface area contributed by atoms with E-state index in [2.05, 4.69) is 42.5 Å². The molecular weight excluding hydrogens is 486 g/mol. The minimum absolute atomic E-state index is 0. The molecule has 0 aliphatic heterocycles. The zero-order valence-corrected chi connectivity index (χ0v) is 24.4. The van der Waals surface area contributed by atoms with Crippen LogP contribution in [0.5, 0.6) is 0 Å². The van der Waals surface area contributed by atoms with Crippen molar-refractivity contribution in [3.63, 3.8) is 0 Å². The second-order valence-corrected chi connectivity index (χ2v) is 9.35. The van der Waals surface area contributed by atoms with Crippen molar-refractivity contribution < 1.29 is 0 Å². The van der Waals surface area contributed by atoms with E-state index in [1.807, 2.05) is 94.4 Å². The third-order valence-electron chi connectivity index (χ3n) is 7.12. The number of nitrogens with zero attached hydrogens (tertiary/aromatic N) is 3. The summed E-state index contributed by atoms with van der Waals surface area (Å²) in [5, 5.41) is 26.7. The first-order chi connectivity index (χ1) is 19.2. The Kier molecular flexibility index (Phi) is 19.0. The summed E-state index contributed by atoms with van der Waals surface area (Å²) in [6.07, 6.45) is 9.44. The van der Waals surface area contributed by atoms with Gasteiger partial charge in [-0.15, -0.1) is 0 Å². The number of hydrogen-bond acceptors (Lipinski definition) is 3. The van der Waals surface area contributed by atoms with Crippen LogP contribution in [0.2, 0.25) is 0 Å². The number of hydrogen-bond donors (Lipinski definition) is 0. The van der Waals surface area contributed by atoms with E-state index in [1.54, 1.807) is 0 Å². The van der Waals surface area contributed by atoms with Gasteiger partial charge >= 0.3 is 0 Å². The highest BCUT2D eigenvalue weighted by Crippen LogP contribution is 2.41. The summed E-state index contributed by atoms with van der Waals surface area (Å²) in [4.78, 5) is 0. The average Bonchev–Trinajstić information content (AvgIpc) is 3.73. The summed E-state index contributed by atoms with van der Waals surface area (Å²) in [5.41, 5.74) is 3.16. The van der Waals surface area contributed by atoms with Gasteiger partial charge < -0.3 is 0 Å². The molecule has 0 atom stereocenters. The second kappa shape index (κ2) is 21.0. The summed E-state index contributed by atoms with van der Waals surface area (Å²) < 4.78 is 0. The molecule has 2 saturated carbocycles. The maximum Gasteiger partial charge on any atom is 0.0822 e. The zero-order chi connectivity index (χ0) is 28.8. The molecule has 2 fully saturated rings. The lowest BCUT2D eigenvalue weighted by atomic mass is 9.80. The first-order valence-electron chi connectivity index (χ1n) is 14.5. The summed E-state index contributed by atoms with van der Waals surface area (Å²) in [6, 6.07) is 37.2. The molecule has 2 aliphatic carbocycles. The molecule has 0 bridgehead atoms. The molecule has 3 nitrogen and oxygen atoms in total. The average molecular weight is 536 g/mol. The van der Waals surface area contributed by atoms with Crippen molar-refractivity contribution in [2.75, 3.05) is 0 Å². The minimum atomic E-state index is -0.165. The number of rotatable bonds is 3.